The van der Waals surface area contributed by atoms with Crippen LogP contribution in [0.3, 0.4) is 0 Å². The molecule has 192 valence electrons. The summed E-state index contributed by atoms with van der Waals surface area (Å²) in [6, 6.07) is -2.65. The number of carbonyl (C=O) groups is 4. The quantitative estimate of drug-likeness (QED) is 0.511. The van der Waals surface area contributed by atoms with Crippen LogP contribution in [0.5, 0.6) is 0 Å². The molecule has 2 aliphatic heterocycles. The first-order valence-electron chi connectivity index (χ1n) is 11.4. The average Bonchev–Trinajstić information content (AvgIpc) is 3.49. The molecule has 1 saturated carbocycles. The van der Waals surface area contributed by atoms with Gasteiger partial charge in [-0.05, 0) is 32.1 Å². The van der Waals surface area contributed by atoms with E-state index in [1.807, 2.05) is 13.8 Å². The minimum Gasteiger partial charge on any atom is -0.337 e. The van der Waals surface area contributed by atoms with E-state index in [-0.39, 0.29) is 37.1 Å². The second-order valence-electron chi connectivity index (χ2n) is 9.82. The molecular weight excluding hydrogens is 469 g/mol. The average molecular weight is 499 g/mol. The van der Waals surface area contributed by atoms with Crippen molar-refractivity contribution < 1.29 is 32.3 Å². The van der Waals surface area contributed by atoms with Gasteiger partial charge in [0, 0.05) is 13.0 Å². The van der Waals surface area contributed by atoms with Crippen molar-refractivity contribution in [1.29, 1.82) is 0 Å². The Morgan fingerprint density at radius 3 is 2.46 bits per heavy atom. The van der Waals surface area contributed by atoms with Crippen LogP contribution in [0.4, 0.5) is 13.2 Å². The van der Waals surface area contributed by atoms with Crippen LogP contribution in [-0.2, 0) is 19.2 Å². The first kappa shape index (κ1) is 26.4. The standard InChI is InChI=1S/C22H29F3N6O4/c1-11(2)8-14(30(5)17(32)12(3)27-20(35)22(23,24)25)18(33)31-10-21(9-15(31)26-4)19(34)28-16(29-21)13-6-7-13/h11-15H,6-10H2,1-3,5H3,(H,27,35)(H,28,29,34)/t12-,14-,15-,21+/m0/s1. The smallest absolute Gasteiger partial charge is 0.337 e. The van der Waals surface area contributed by atoms with Gasteiger partial charge in [0.25, 0.3) is 11.8 Å². The number of halogens is 3. The Bertz CT molecular complexity index is 987. The molecule has 3 aliphatic rings. The van der Waals surface area contributed by atoms with Crippen molar-refractivity contribution in [2.24, 2.45) is 16.8 Å². The van der Waals surface area contributed by atoms with Crippen molar-refractivity contribution in [1.82, 2.24) is 20.4 Å². The molecule has 10 nitrogen and oxygen atoms in total. The number of rotatable bonds is 7. The summed E-state index contributed by atoms with van der Waals surface area (Å²) in [4.78, 5) is 60.8. The van der Waals surface area contributed by atoms with Crippen LogP contribution in [0.1, 0.15) is 46.5 Å². The molecule has 0 aromatic rings. The minimum atomic E-state index is -5.16. The Morgan fingerprint density at radius 2 is 1.94 bits per heavy atom. The van der Waals surface area contributed by atoms with Gasteiger partial charge in [-0.3, -0.25) is 33.9 Å². The fourth-order valence-electron chi connectivity index (χ4n) is 4.40. The van der Waals surface area contributed by atoms with Crippen molar-refractivity contribution in [3.8, 4) is 0 Å². The lowest BCUT2D eigenvalue weighted by molar-refractivity contribution is -0.175. The number of hydrogen-bond acceptors (Lipinski definition) is 5. The van der Waals surface area contributed by atoms with Crippen LogP contribution < -0.4 is 10.6 Å². The van der Waals surface area contributed by atoms with Gasteiger partial charge in [-0.15, -0.1) is 0 Å². The van der Waals surface area contributed by atoms with Crippen LogP contribution in [0.2, 0.25) is 0 Å². The third kappa shape index (κ3) is 5.41. The molecule has 0 bridgehead atoms. The fraction of sp³-hybridized carbons (Fsp3) is 0.727. The number of likely N-dealkylation sites (N-methyl/N-ethyl adjacent to an activating group) is 1. The topological polar surface area (TPSA) is 116 Å². The number of amidine groups is 1. The van der Waals surface area contributed by atoms with E-state index in [1.54, 1.807) is 5.32 Å². The molecule has 13 heteroatoms. The lowest BCUT2D eigenvalue weighted by Gasteiger charge is -2.33. The molecule has 1 saturated heterocycles. The number of likely N-dealkylation sites (tertiary alicyclic amines) is 1. The third-order valence-electron chi connectivity index (χ3n) is 6.48. The van der Waals surface area contributed by atoms with Gasteiger partial charge in [-0.2, -0.15) is 13.2 Å². The predicted octanol–water partition coefficient (Wildman–Crippen LogP) is 1.08. The van der Waals surface area contributed by atoms with E-state index in [0.29, 0.717) is 5.84 Å². The molecular formula is C22H29F3N6O4. The number of nitrogens with zero attached hydrogens (tertiary/aromatic N) is 4. The zero-order valence-corrected chi connectivity index (χ0v) is 20.0. The number of alkyl halides is 3. The Hall–Kier alpha value is -3.17. The number of nitrogens with one attached hydrogen (secondary N) is 2. The lowest BCUT2D eigenvalue weighted by atomic mass is 9.98. The molecule has 4 amide bonds. The van der Waals surface area contributed by atoms with E-state index in [1.165, 1.54) is 11.9 Å². The number of aliphatic imine (C=N–C) groups is 1. The Kier molecular flexibility index (Phi) is 7.15. The maximum absolute atomic E-state index is 13.6. The van der Waals surface area contributed by atoms with Crippen LogP contribution in [0.25, 0.3) is 4.85 Å². The predicted molar refractivity (Wildman–Crippen MR) is 117 cm³/mol. The van der Waals surface area contributed by atoms with Gasteiger partial charge in [-0.1, -0.05) is 13.8 Å². The summed E-state index contributed by atoms with van der Waals surface area (Å²) in [5.41, 5.74) is -1.26. The molecule has 1 spiro atoms. The van der Waals surface area contributed by atoms with Gasteiger partial charge >= 0.3 is 18.2 Å². The van der Waals surface area contributed by atoms with E-state index < -0.39 is 47.7 Å². The number of amides is 4. The second-order valence-corrected chi connectivity index (χ2v) is 9.82. The highest BCUT2D eigenvalue weighted by atomic mass is 19.4. The van der Waals surface area contributed by atoms with Crippen molar-refractivity contribution in [2.45, 2.75) is 76.4 Å². The van der Waals surface area contributed by atoms with Crippen molar-refractivity contribution in [2.75, 3.05) is 13.6 Å². The molecule has 35 heavy (non-hydrogen) atoms. The molecule has 0 unspecified atom stereocenters. The highest BCUT2D eigenvalue weighted by Gasteiger charge is 2.59. The minimum absolute atomic E-state index is 0.0222. The molecule has 2 heterocycles. The van der Waals surface area contributed by atoms with Crippen LogP contribution in [-0.4, -0.2) is 82.8 Å². The summed E-state index contributed by atoms with van der Waals surface area (Å²) in [7, 11) is 1.27. The zero-order chi connectivity index (χ0) is 26.3. The van der Waals surface area contributed by atoms with Gasteiger partial charge in [0.15, 0.2) is 5.54 Å². The molecule has 2 N–H and O–H groups in total. The van der Waals surface area contributed by atoms with Gasteiger partial charge in [0.2, 0.25) is 5.91 Å². The molecule has 0 aromatic heterocycles. The van der Waals surface area contributed by atoms with E-state index >= 15 is 0 Å². The first-order valence-corrected chi connectivity index (χ1v) is 11.4. The molecule has 0 radical (unpaired) electrons. The van der Waals surface area contributed by atoms with Crippen molar-refractivity contribution in [3.05, 3.63) is 11.4 Å². The Morgan fingerprint density at radius 1 is 1.31 bits per heavy atom. The van der Waals surface area contributed by atoms with E-state index in [0.717, 1.165) is 24.7 Å². The van der Waals surface area contributed by atoms with Crippen molar-refractivity contribution >= 4 is 29.5 Å². The summed E-state index contributed by atoms with van der Waals surface area (Å²) in [5, 5.41) is 4.38. The molecule has 3 rings (SSSR count). The summed E-state index contributed by atoms with van der Waals surface area (Å²) < 4.78 is 37.8. The number of hydrogen-bond donors (Lipinski definition) is 2. The summed E-state index contributed by atoms with van der Waals surface area (Å²) in [6.07, 6.45) is -4.12. The molecule has 2 fully saturated rings. The highest BCUT2D eigenvalue weighted by Crippen LogP contribution is 2.39. The van der Waals surface area contributed by atoms with E-state index in [4.69, 9.17) is 6.57 Å². The SMILES string of the molecule is [C-]#[N+][C@@H]1C[C@]2(CN1C(=O)[C@H](CC(C)C)N(C)C(=O)[C@H](C)NC(=O)C(F)(F)F)N=C(C1CC1)NC2=O. The second kappa shape index (κ2) is 9.47. The maximum Gasteiger partial charge on any atom is 0.471 e. The summed E-state index contributed by atoms with van der Waals surface area (Å²) in [5.74, 6) is -3.43. The van der Waals surface area contributed by atoms with Crippen LogP contribution in [0.15, 0.2) is 4.99 Å². The van der Waals surface area contributed by atoms with E-state index in [2.05, 4.69) is 15.2 Å². The first-order chi connectivity index (χ1) is 16.2. The van der Waals surface area contributed by atoms with Crippen LogP contribution >= 0.6 is 0 Å². The highest BCUT2D eigenvalue weighted by molar-refractivity contribution is 6.10. The summed E-state index contributed by atoms with van der Waals surface area (Å²) in [6.45, 7) is 12.2. The maximum atomic E-state index is 13.6. The van der Waals surface area contributed by atoms with Gasteiger partial charge in [0.1, 0.15) is 17.9 Å². The zero-order valence-electron chi connectivity index (χ0n) is 20.0. The molecule has 4 atom stereocenters. The monoisotopic (exact) mass is 498 g/mol. The van der Waals surface area contributed by atoms with E-state index in [9.17, 15) is 32.3 Å². The molecule has 0 aromatic carbocycles. The van der Waals surface area contributed by atoms with Gasteiger partial charge in [-0.25, -0.2) is 6.57 Å². The summed E-state index contributed by atoms with van der Waals surface area (Å²) >= 11 is 0. The third-order valence-corrected chi connectivity index (χ3v) is 6.48. The van der Waals surface area contributed by atoms with Crippen molar-refractivity contribution in [3.63, 3.8) is 0 Å². The lowest BCUT2D eigenvalue weighted by Crippen LogP contribution is -2.56. The van der Waals surface area contributed by atoms with Gasteiger partial charge < -0.3 is 15.5 Å². The van der Waals surface area contributed by atoms with Gasteiger partial charge in [0.05, 0.1) is 13.0 Å². The fourth-order valence-corrected chi connectivity index (χ4v) is 4.40. The Labute approximate surface area is 201 Å². The molecule has 1 aliphatic carbocycles. The number of carbonyl (C=O) groups excluding carboxylic acids is 4. The largest absolute Gasteiger partial charge is 0.471 e. The Balaban J connectivity index is 1.81. The van der Waals surface area contributed by atoms with Crippen LogP contribution in [0, 0.1) is 18.4 Å². The normalized spacial score (nSPS) is 25.7.